The maximum atomic E-state index is 12.4. The van der Waals surface area contributed by atoms with Gasteiger partial charge in [-0.1, -0.05) is 18.2 Å². The second-order valence-electron chi connectivity index (χ2n) is 7.68. The van der Waals surface area contributed by atoms with Gasteiger partial charge >= 0.3 is 12.2 Å². The lowest BCUT2D eigenvalue weighted by molar-refractivity contribution is 0.137. The smallest absolute Gasteiger partial charge is 0.414 e. The van der Waals surface area contributed by atoms with Gasteiger partial charge in [0.15, 0.2) is 5.75 Å². The number of benzene rings is 1. The molecule has 0 atom stereocenters. The van der Waals surface area contributed by atoms with E-state index in [1.54, 1.807) is 4.90 Å². The van der Waals surface area contributed by atoms with E-state index < -0.39 is 6.09 Å². The molecule has 2 aliphatic heterocycles. The Hall–Kier alpha value is -3.36. The molecule has 158 valence electrons. The number of nitrogens with zero attached hydrogens (tertiary/aromatic N) is 4. The van der Waals surface area contributed by atoms with Crippen molar-refractivity contribution in [2.75, 3.05) is 22.9 Å². The molecule has 1 fully saturated rings. The van der Waals surface area contributed by atoms with Crippen LogP contribution >= 0.6 is 0 Å². The fourth-order valence-electron chi connectivity index (χ4n) is 3.74. The molecular formula is C21H25N5O4. The number of rotatable bonds is 4. The lowest BCUT2D eigenvalue weighted by Gasteiger charge is -2.40. The van der Waals surface area contributed by atoms with Gasteiger partial charge in [-0.15, -0.1) is 0 Å². The molecule has 0 spiro atoms. The first-order valence-corrected chi connectivity index (χ1v) is 10.1. The van der Waals surface area contributed by atoms with Crippen molar-refractivity contribution < 1.29 is 19.1 Å². The van der Waals surface area contributed by atoms with Crippen molar-refractivity contribution in [2.45, 2.75) is 45.4 Å². The Morgan fingerprint density at radius 1 is 1.20 bits per heavy atom. The molecule has 0 radical (unpaired) electrons. The van der Waals surface area contributed by atoms with Crippen LogP contribution in [-0.2, 0) is 11.3 Å². The van der Waals surface area contributed by atoms with E-state index in [-0.39, 0.29) is 18.2 Å². The van der Waals surface area contributed by atoms with Crippen molar-refractivity contribution in [3.05, 3.63) is 42.2 Å². The quantitative estimate of drug-likeness (QED) is 0.826. The summed E-state index contributed by atoms with van der Waals surface area (Å²) in [4.78, 5) is 36.6. The minimum Gasteiger partial charge on any atom is -0.444 e. The number of nitrogens with one attached hydrogen (secondary N) is 1. The van der Waals surface area contributed by atoms with Crippen molar-refractivity contribution in [3.8, 4) is 5.75 Å². The number of anilines is 2. The number of carbonyl (C=O) groups excluding carboxylic acids is 2. The summed E-state index contributed by atoms with van der Waals surface area (Å²) in [6.07, 6.45) is 3.73. The van der Waals surface area contributed by atoms with Crippen LogP contribution in [0.2, 0.25) is 0 Å². The molecule has 9 nitrogen and oxygen atoms in total. The van der Waals surface area contributed by atoms with Crippen molar-refractivity contribution in [1.29, 1.82) is 0 Å². The summed E-state index contributed by atoms with van der Waals surface area (Å²) in [7, 11) is 0. The number of hydrogen-bond acceptors (Lipinski definition) is 7. The van der Waals surface area contributed by atoms with E-state index in [2.05, 4.69) is 20.2 Å². The number of ether oxygens (including phenoxy) is 2. The van der Waals surface area contributed by atoms with Crippen LogP contribution < -0.4 is 19.9 Å². The first kappa shape index (κ1) is 19.9. The molecule has 9 heteroatoms. The standard InChI is InChI=1S/C21H25N5O4/c1-14(2)24-20(27)30-17-11-22-19(23-12-17)25-9-7-16(8-10-25)26-18-6-4-3-5-15(18)13-29-21(26)28/h3-6,11-12,14,16H,7-10,13H2,1-2H3,(H,24,27). The summed E-state index contributed by atoms with van der Waals surface area (Å²) in [6, 6.07) is 7.91. The van der Waals surface area contributed by atoms with Crippen LogP contribution in [0.15, 0.2) is 36.7 Å². The van der Waals surface area contributed by atoms with Crippen LogP contribution in [0.3, 0.4) is 0 Å². The molecule has 0 saturated carbocycles. The Morgan fingerprint density at radius 2 is 1.90 bits per heavy atom. The van der Waals surface area contributed by atoms with Crippen LogP contribution in [0, 0.1) is 0 Å². The lowest BCUT2D eigenvalue weighted by Crippen LogP contribution is -2.49. The van der Waals surface area contributed by atoms with E-state index in [9.17, 15) is 9.59 Å². The van der Waals surface area contributed by atoms with Gasteiger partial charge < -0.3 is 19.7 Å². The maximum absolute atomic E-state index is 12.4. The first-order valence-electron chi connectivity index (χ1n) is 10.1. The van der Waals surface area contributed by atoms with E-state index in [1.165, 1.54) is 12.4 Å². The van der Waals surface area contributed by atoms with E-state index in [4.69, 9.17) is 9.47 Å². The Balaban J connectivity index is 1.37. The zero-order chi connectivity index (χ0) is 21.1. The Bertz CT molecular complexity index is 910. The van der Waals surface area contributed by atoms with Gasteiger partial charge in [0.1, 0.15) is 6.61 Å². The van der Waals surface area contributed by atoms with Crippen molar-refractivity contribution in [2.24, 2.45) is 0 Å². The monoisotopic (exact) mass is 411 g/mol. The molecular weight excluding hydrogens is 386 g/mol. The average Bonchev–Trinajstić information content (AvgIpc) is 2.74. The Morgan fingerprint density at radius 3 is 2.60 bits per heavy atom. The van der Waals surface area contributed by atoms with Gasteiger partial charge in [0.25, 0.3) is 0 Å². The molecule has 2 aliphatic rings. The second-order valence-corrected chi connectivity index (χ2v) is 7.68. The molecule has 0 aliphatic carbocycles. The summed E-state index contributed by atoms with van der Waals surface area (Å²) in [6.45, 7) is 5.45. The zero-order valence-electron chi connectivity index (χ0n) is 17.1. The van der Waals surface area contributed by atoms with Crippen LogP contribution in [0.1, 0.15) is 32.3 Å². The van der Waals surface area contributed by atoms with Gasteiger partial charge in [-0.2, -0.15) is 0 Å². The first-order chi connectivity index (χ1) is 14.5. The number of cyclic esters (lactones) is 1. The van der Waals surface area contributed by atoms with E-state index in [1.807, 2.05) is 38.1 Å². The van der Waals surface area contributed by atoms with Crippen molar-refractivity contribution >= 4 is 23.8 Å². The third kappa shape index (κ3) is 4.29. The number of fused-ring (bicyclic) bond motifs is 1. The van der Waals surface area contributed by atoms with E-state index in [0.29, 0.717) is 31.4 Å². The molecule has 0 unspecified atom stereocenters. The molecule has 1 aromatic heterocycles. The third-order valence-electron chi connectivity index (χ3n) is 5.14. The van der Waals surface area contributed by atoms with Crippen LogP contribution in [-0.4, -0.2) is 47.3 Å². The highest BCUT2D eigenvalue weighted by molar-refractivity contribution is 5.91. The molecule has 2 aromatic rings. The summed E-state index contributed by atoms with van der Waals surface area (Å²) in [5, 5.41) is 2.65. The number of hydrogen-bond donors (Lipinski definition) is 1. The normalized spacial score (nSPS) is 16.8. The summed E-state index contributed by atoms with van der Waals surface area (Å²) in [5.74, 6) is 0.867. The number of piperidine rings is 1. The largest absolute Gasteiger partial charge is 0.444 e. The lowest BCUT2D eigenvalue weighted by atomic mass is 10.0. The van der Waals surface area contributed by atoms with Crippen LogP contribution in [0.25, 0.3) is 0 Å². The number of para-hydroxylation sites is 1. The minimum atomic E-state index is -0.532. The van der Waals surface area contributed by atoms with Crippen LogP contribution in [0.4, 0.5) is 21.2 Å². The molecule has 0 bridgehead atoms. The van der Waals surface area contributed by atoms with Crippen molar-refractivity contribution in [1.82, 2.24) is 15.3 Å². The maximum Gasteiger partial charge on any atom is 0.414 e. The van der Waals surface area contributed by atoms with E-state index >= 15 is 0 Å². The second kappa shape index (κ2) is 8.56. The average molecular weight is 411 g/mol. The summed E-state index contributed by atoms with van der Waals surface area (Å²) < 4.78 is 10.5. The Kier molecular flexibility index (Phi) is 5.69. The highest BCUT2D eigenvalue weighted by Gasteiger charge is 2.34. The molecule has 30 heavy (non-hydrogen) atoms. The van der Waals surface area contributed by atoms with Gasteiger partial charge in [0.05, 0.1) is 18.1 Å². The molecule has 1 aromatic carbocycles. The topological polar surface area (TPSA) is 96.9 Å². The minimum absolute atomic E-state index is 0.0110. The van der Waals surface area contributed by atoms with Crippen LogP contribution in [0.5, 0.6) is 5.75 Å². The van der Waals surface area contributed by atoms with Gasteiger partial charge in [-0.05, 0) is 32.8 Å². The third-order valence-corrected chi connectivity index (χ3v) is 5.14. The van der Waals surface area contributed by atoms with Gasteiger partial charge in [0.2, 0.25) is 5.95 Å². The molecule has 1 N–H and O–H groups in total. The fourth-order valence-corrected chi connectivity index (χ4v) is 3.74. The predicted octanol–water partition coefficient (Wildman–Crippen LogP) is 3.10. The molecule has 1 saturated heterocycles. The van der Waals surface area contributed by atoms with Gasteiger partial charge in [0, 0.05) is 30.7 Å². The van der Waals surface area contributed by atoms with E-state index in [0.717, 1.165) is 24.1 Å². The van der Waals surface area contributed by atoms with Gasteiger partial charge in [-0.25, -0.2) is 19.6 Å². The Labute approximate surface area is 175 Å². The number of amides is 2. The number of aromatic nitrogens is 2. The molecule has 3 heterocycles. The predicted molar refractivity (Wildman–Crippen MR) is 111 cm³/mol. The molecule has 2 amide bonds. The number of carbonyl (C=O) groups is 2. The van der Waals surface area contributed by atoms with Gasteiger partial charge in [-0.3, -0.25) is 4.90 Å². The van der Waals surface area contributed by atoms with Crippen molar-refractivity contribution in [3.63, 3.8) is 0 Å². The summed E-state index contributed by atoms with van der Waals surface area (Å²) in [5.41, 5.74) is 1.96. The zero-order valence-corrected chi connectivity index (χ0v) is 17.1. The fraction of sp³-hybridized carbons (Fsp3) is 0.429. The summed E-state index contributed by atoms with van der Waals surface area (Å²) >= 11 is 0. The molecule has 4 rings (SSSR count). The highest BCUT2D eigenvalue weighted by atomic mass is 16.6. The highest BCUT2D eigenvalue weighted by Crippen LogP contribution is 2.32. The SMILES string of the molecule is CC(C)NC(=O)Oc1cnc(N2CCC(N3C(=O)OCc4ccccc43)CC2)nc1.